The molecule has 106 valence electrons. The van der Waals surface area contributed by atoms with Crippen molar-refractivity contribution in [1.29, 1.82) is 0 Å². The van der Waals surface area contributed by atoms with E-state index in [1.807, 2.05) is 6.92 Å². The van der Waals surface area contributed by atoms with Crippen LogP contribution in [0.2, 0.25) is 0 Å². The molecule has 0 N–H and O–H groups in total. The number of carbonyl (C=O) groups is 1. The first-order valence-electron chi connectivity index (χ1n) is 5.98. The minimum Gasteiger partial charge on any atom is -0.292 e. The van der Waals surface area contributed by atoms with Crippen LogP contribution in [0.15, 0.2) is 30.7 Å². The molecule has 0 saturated heterocycles. The molecule has 2 rings (SSSR count). The van der Waals surface area contributed by atoms with E-state index in [4.69, 9.17) is 0 Å². The number of aromatic nitrogens is 3. The third-order valence-electron chi connectivity index (χ3n) is 2.75. The molecule has 0 atom stereocenters. The zero-order chi connectivity index (χ0) is 14.8. The molecule has 0 fully saturated rings. The summed E-state index contributed by atoms with van der Waals surface area (Å²) in [6, 6.07) is 1.95. The van der Waals surface area contributed by atoms with E-state index < -0.39 is 11.7 Å². The van der Waals surface area contributed by atoms with Gasteiger partial charge in [0, 0.05) is 25.4 Å². The van der Waals surface area contributed by atoms with Crippen molar-refractivity contribution >= 4 is 5.78 Å². The molecule has 7 heteroatoms. The van der Waals surface area contributed by atoms with E-state index in [9.17, 15) is 18.0 Å². The average Bonchev–Trinajstić information content (AvgIpc) is 2.85. The predicted molar refractivity (Wildman–Crippen MR) is 65.2 cm³/mol. The second-order valence-corrected chi connectivity index (χ2v) is 4.23. The number of aryl methyl sites for hydroxylation is 1. The summed E-state index contributed by atoms with van der Waals surface area (Å²) in [5, 5.41) is 4.02. The first-order chi connectivity index (χ1) is 9.40. The van der Waals surface area contributed by atoms with Crippen LogP contribution in [0.3, 0.4) is 0 Å². The first kappa shape index (κ1) is 14.2. The van der Waals surface area contributed by atoms with Gasteiger partial charge in [0.2, 0.25) is 0 Å². The van der Waals surface area contributed by atoms with Crippen LogP contribution in [-0.2, 0) is 19.1 Å². The number of rotatable bonds is 4. The monoisotopic (exact) mass is 283 g/mol. The van der Waals surface area contributed by atoms with Crippen LogP contribution in [0.1, 0.15) is 28.5 Å². The molecule has 20 heavy (non-hydrogen) atoms. The lowest BCUT2D eigenvalue weighted by molar-refractivity contribution is -0.137. The summed E-state index contributed by atoms with van der Waals surface area (Å²) in [6.07, 6.45) is -0.425. The lowest BCUT2D eigenvalue weighted by atomic mass is 10.1. The molecular weight excluding hydrogens is 271 g/mol. The van der Waals surface area contributed by atoms with E-state index in [0.29, 0.717) is 18.3 Å². The molecule has 2 aromatic rings. The molecular formula is C13H12F3N3O. The Bertz CT molecular complexity index is 602. The zero-order valence-corrected chi connectivity index (χ0v) is 10.7. The summed E-state index contributed by atoms with van der Waals surface area (Å²) in [7, 11) is 0. The lowest BCUT2D eigenvalue weighted by Crippen LogP contribution is -2.09. The van der Waals surface area contributed by atoms with Gasteiger partial charge in [0.1, 0.15) is 5.69 Å². The Labute approximate surface area is 113 Å². The second-order valence-electron chi connectivity index (χ2n) is 4.23. The van der Waals surface area contributed by atoms with Gasteiger partial charge in [0.05, 0.1) is 11.8 Å². The Morgan fingerprint density at radius 2 is 2.05 bits per heavy atom. The minimum atomic E-state index is -4.45. The van der Waals surface area contributed by atoms with Gasteiger partial charge in [-0.05, 0) is 24.6 Å². The minimum absolute atomic E-state index is 0.0160. The van der Waals surface area contributed by atoms with Gasteiger partial charge >= 0.3 is 6.18 Å². The maximum absolute atomic E-state index is 12.4. The maximum Gasteiger partial charge on any atom is 0.417 e. The summed E-state index contributed by atoms with van der Waals surface area (Å²) in [6.45, 7) is 2.60. The second kappa shape index (κ2) is 5.44. The number of ketones is 1. The summed E-state index contributed by atoms with van der Waals surface area (Å²) >= 11 is 0. The smallest absolute Gasteiger partial charge is 0.292 e. The Balaban J connectivity index is 2.09. The third kappa shape index (κ3) is 3.23. The highest BCUT2D eigenvalue weighted by Gasteiger charge is 2.30. The van der Waals surface area contributed by atoms with Crippen molar-refractivity contribution in [2.24, 2.45) is 0 Å². The predicted octanol–water partition coefficient (Wildman–Crippen LogP) is 2.74. The molecule has 0 spiro atoms. The fraction of sp³-hybridized carbons (Fsp3) is 0.308. The molecule has 0 bridgehead atoms. The van der Waals surface area contributed by atoms with Crippen LogP contribution in [0.4, 0.5) is 13.2 Å². The maximum atomic E-state index is 12.4. The van der Waals surface area contributed by atoms with Crippen molar-refractivity contribution < 1.29 is 18.0 Å². The van der Waals surface area contributed by atoms with Crippen LogP contribution in [0.5, 0.6) is 0 Å². The first-order valence-corrected chi connectivity index (χ1v) is 5.98. The third-order valence-corrected chi connectivity index (χ3v) is 2.75. The van der Waals surface area contributed by atoms with Crippen LogP contribution in [0, 0.1) is 0 Å². The molecule has 0 saturated carbocycles. The zero-order valence-electron chi connectivity index (χ0n) is 10.7. The number of carbonyl (C=O) groups excluding carboxylic acids is 1. The van der Waals surface area contributed by atoms with Crippen molar-refractivity contribution in [3.63, 3.8) is 0 Å². The van der Waals surface area contributed by atoms with E-state index in [1.165, 1.54) is 0 Å². The summed E-state index contributed by atoms with van der Waals surface area (Å²) in [5.74, 6) is -0.339. The molecule has 0 aliphatic rings. The molecule has 0 radical (unpaired) electrons. The Kier molecular flexibility index (Phi) is 3.87. The number of alkyl halides is 3. The summed E-state index contributed by atoms with van der Waals surface area (Å²) in [4.78, 5) is 15.5. The van der Waals surface area contributed by atoms with Crippen LogP contribution in [0.25, 0.3) is 0 Å². The van der Waals surface area contributed by atoms with Crippen molar-refractivity contribution in [1.82, 2.24) is 14.8 Å². The van der Waals surface area contributed by atoms with E-state index in [2.05, 4.69) is 10.1 Å². The standard InChI is InChI=1S/C13H12F3N3O/c1-2-19-8-9(6-18-19)5-12(20)11-4-3-10(7-17-11)13(14,15)16/h3-4,6-8H,2,5H2,1H3. The van der Waals surface area contributed by atoms with Crippen molar-refractivity contribution in [3.05, 3.63) is 47.5 Å². The van der Waals surface area contributed by atoms with Crippen LogP contribution in [-0.4, -0.2) is 20.5 Å². The molecule has 0 aliphatic heterocycles. The van der Waals surface area contributed by atoms with E-state index in [0.717, 1.165) is 12.1 Å². The number of hydrogen-bond donors (Lipinski definition) is 0. The normalized spacial score (nSPS) is 11.6. The number of halogens is 3. The molecule has 2 aromatic heterocycles. The molecule has 0 aliphatic carbocycles. The summed E-state index contributed by atoms with van der Waals surface area (Å²) < 4.78 is 38.8. The van der Waals surface area contributed by atoms with E-state index in [1.54, 1.807) is 17.1 Å². The van der Waals surface area contributed by atoms with Gasteiger partial charge in [-0.3, -0.25) is 14.5 Å². The lowest BCUT2D eigenvalue weighted by Gasteiger charge is -2.06. The average molecular weight is 283 g/mol. The fourth-order valence-corrected chi connectivity index (χ4v) is 1.67. The topological polar surface area (TPSA) is 47.8 Å². The number of Topliss-reactive ketones (excluding diaryl/α,β-unsaturated/α-hetero) is 1. The fourth-order valence-electron chi connectivity index (χ4n) is 1.67. The highest BCUT2D eigenvalue weighted by Crippen LogP contribution is 2.28. The van der Waals surface area contributed by atoms with Gasteiger partial charge in [0.25, 0.3) is 0 Å². The number of hydrogen-bond acceptors (Lipinski definition) is 3. The van der Waals surface area contributed by atoms with Crippen molar-refractivity contribution in [2.75, 3.05) is 0 Å². The van der Waals surface area contributed by atoms with Gasteiger partial charge in [-0.25, -0.2) is 0 Å². The van der Waals surface area contributed by atoms with E-state index >= 15 is 0 Å². The van der Waals surface area contributed by atoms with E-state index in [-0.39, 0.29) is 17.9 Å². The Morgan fingerprint density at radius 3 is 2.55 bits per heavy atom. The Morgan fingerprint density at radius 1 is 1.30 bits per heavy atom. The SMILES string of the molecule is CCn1cc(CC(=O)c2ccc(C(F)(F)F)cn2)cn1. The highest BCUT2D eigenvalue weighted by molar-refractivity contribution is 5.95. The van der Waals surface area contributed by atoms with Crippen molar-refractivity contribution in [3.8, 4) is 0 Å². The van der Waals surface area contributed by atoms with Gasteiger partial charge in [-0.2, -0.15) is 18.3 Å². The largest absolute Gasteiger partial charge is 0.417 e. The summed E-state index contributed by atoms with van der Waals surface area (Å²) in [5.41, 5.74) is -0.145. The van der Waals surface area contributed by atoms with Crippen LogP contribution < -0.4 is 0 Å². The quantitative estimate of drug-likeness (QED) is 0.811. The number of nitrogens with zero attached hydrogens (tertiary/aromatic N) is 3. The van der Waals surface area contributed by atoms with Gasteiger partial charge in [-0.1, -0.05) is 0 Å². The molecule has 0 amide bonds. The number of pyridine rings is 1. The molecule has 0 aromatic carbocycles. The van der Waals surface area contributed by atoms with Gasteiger partial charge in [0.15, 0.2) is 5.78 Å². The van der Waals surface area contributed by atoms with Gasteiger partial charge in [-0.15, -0.1) is 0 Å². The molecule has 2 heterocycles. The Hall–Kier alpha value is -2.18. The van der Waals surface area contributed by atoms with Gasteiger partial charge < -0.3 is 0 Å². The van der Waals surface area contributed by atoms with Crippen molar-refractivity contribution in [2.45, 2.75) is 26.1 Å². The molecule has 4 nitrogen and oxygen atoms in total. The van der Waals surface area contributed by atoms with Crippen LogP contribution >= 0.6 is 0 Å². The molecule has 0 unspecified atom stereocenters. The highest BCUT2D eigenvalue weighted by atomic mass is 19.4.